The number of nitrogens with zero attached hydrogens (tertiary/aromatic N) is 2. The van der Waals surface area contributed by atoms with Gasteiger partial charge in [0.25, 0.3) is 0 Å². The Balaban J connectivity index is 1.65. The van der Waals surface area contributed by atoms with Crippen molar-refractivity contribution in [2.45, 2.75) is 13.1 Å². The Morgan fingerprint density at radius 1 is 1.13 bits per heavy atom. The van der Waals surface area contributed by atoms with Crippen LogP contribution in [0.2, 0.25) is 5.02 Å². The fourth-order valence-electron chi connectivity index (χ4n) is 2.38. The van der Waals surface area contributed by atoms with Crippen molar-refractivity contribution in [1.82, 2.24) is 9.88 Å². The van der Waals surface area contributed by atoms with E-state index in [2.05, 4.69) is 9.88 Å². The van der Waals surface area contributed by atoms with Gasteiger partial charge in [0.1, 0.15) is 12.1 Å². The molecule has 0 bridgehead atoms. The van der Waals surface area contributed by atoms with E-state index in [1.54, 1.807) is 30.5 Å². The minimum Gasteiger partial charge on any atom is -0.444 e. The van der Waals surface area contributed by atoms with Crippen LogP contribution in [0.25, 0.3) is 11.5 Å². The van der Waals surface area contributed by atoms with Crippen molar-refractivity contribution < 1.29 is 8.81 Å². The van der Waals surface area contributed by atoms with Gasteiger partial charge in [-0.3, -0.25) is 4.90 Å². The zero-order valence-corrected chi connectivity index (χ0v) is 13.4. The van der Waals surface area contributed by atoms with Crippen LogP contribution in [-0.4, -0.2) is 16.9 Å². The Bertz CT molecular complexity index is 786. The maximum Gasteiger partial charge on any atom is 0.226 e. The van der Waals surface area contributed by atoms with Crippen LogP contribution >= 0.6 is 11.6 Å². The lowest BCUT2D eigenvalue weighted by molar-refractivity contribution is 0.314. The zero-order chi connectivity index (χ0) is 16.2. The fourth-order valence-corrected chi connectivity index (χ4v) is 2.51. The molecule has 3 nitrogen and oxygen atoms in total. The van der Waals surface area contributed by atoms with E-state index in [1.165, 1.54) is 6.07 Å². The van der Waals surface area contributed by atoms with Gasteiger partial charge in [-0.1, -0.05) is 23.7 Å². The average Bonchev–Trinajstić information content (AvgIpc) is 2.96. The van der Waals surface area contributed by atoms with E-state index in [0.717, 1.165) is 16.8 Å². The van der Waals surface area contributed by atoms with Crippen LogP contribution in [0.1, 0.15) is 11.3 Å². The van der Waals surface area contributed by atoms with Crippen molar-refractivity contribution in [3.05, 3.63) is 76.9 Å². The van der Waals surface area contributed by atoms with Crippen LogP contribution in [0.5, 0.6) is 0 Å². The SMILES string of the molecule is CN(Cc1cccc(F)c1)Cc1coc(-c2ccc(Cl)cc2)n1. The summed E-state index contributed by atoms with van der Waals surface area (Å²) in [4.78, 5) is 6.54. The van der Waals surface area contributed by atoms with Gasteiger partial charge in [-0.2, -0.15) is 0 Å². The molecule has 3 rings (SSSR count). The molecule has 0 atom stereocenters. The Labute approximate surface area is 139 Å². The van der Waals surface area contributed by atoms with Crippen LogP contribution in [0.3, 0.4) is 0 Å². The lowest BCUT2D eigenvalue weighted by atomic mass is 10.2. The van der Waals surface area contributed by atoms with Crippen molar-refractivity contribution in [3.63, 3.8) is 0 Å². The predicted octanol–water partition coefficient (Wildman–Crippen LogP) is 4.77. The Morgan fingerprint density at radius 2 is 1.91 bits per heavy atom. The molecule has 0 aliphatic heterocycles. The number of aromatic nitrogens is 1. The van der Waals surface area contributed by atoms with Gasteiger partial charge in [-0.05, 0) is 49.0 Å². The van der Waals surface area contributed by atoms with E-state index in [0.29, 0.717) is 24.0 Å². The maximum absolute atomic E-state index is 13.2. The quantitative estimate of drug-likeness (QED) is 0.675. The lowest BCUT2D eigenvalue weighted by Gasteiger charge is -2.14. The summed E-state index contributed by atoms with van der Waals surface area (Å²) in [6.07, 6.45) is 1.64. The van der Waals surface area contributed by atoms with Gasteiger partial charge >= 0.3 is 0 Å². The minimum atomic E-state index is -0.220. The first kappa shape index (κ1) is 15.7. The highest BCUT2D eigenvalue weighted by molar-refractivity contribution is 6.30. The third kappa shape index (κ3) is 4.18. The van der Waals surface area contributed by atoms with Gasteiger partial charge in [0.05, 0.1) is 5.69 Å². The molecule has 3 aromatic rings. The largest absolute Gasteiger partial charge is 0.444 e. The second-order valence-electron chi connectivity index (χ2n) is 5.45. The van der Waals surface area contributed by atoms with E-state index >= 15 is 0 Å². The maximum atomic E-state index is 13.2. The molecule has 0 saturated heterocycles. The molecule has 0 aliphatic carbocycles. The fraction of sp³-hybridized carbons (Fsp3) is 0.167. The summed E-state index contributed by atoms with van der Waals surface area (Å²) in [6, 6.07) is 13.9. The molecule has 0 N–H and O–H groups in total. The molecule has 0 aliphatic rings. The molecule has 0 radical (unpaired) electrons. The second kappa shape index (κ2) is 6.94. The molecular formula is C18H16ClFN2O. The number of hydrogen-bond acceptors (Lipinski definition) is 3. The highest BCUT2D eigenvalue weighted by atomic mass is 35.5. The summed E-state index contributed by atoms with van der Waals surface area (Å²) in [5, 5.41) is 0.676. The van der Waals surface area contributed by atoms with Gasteiger partial charge in [-0.25, -0.2) is 9.37 Å². The van der Waals surface area contributed by atoms with E-state index in [1.807, 2.05) is 25.2 Å². The summed E-state index contributed by atoms with van der Waals surface area (Å²) < 4.78 is 18.7. The van der Waals surface area contributed by atoms with E-state index in [9.17, 15) is 4.39 Å². The summed E-state index contributed by atoms with van der Waals surface area (Å²) >= 11 is 5.88. The molecule has 0 amide bonds. The number of hydrogen-bond donors (Lipinski definition) is 0. The molecule has 0 unspecified atom stereocenters. The van der Waals surface area contributed by atoms with E-state index in [-0.39, 0.29) is 5.82 Å². The van der Waals surface area contributed by atoms with E-state index < -0.39 is 0 Å². The smallest absolute Gasteiger partial charge is 0.226 e. The highest BCUT2D eigenvalue weighted by Crippen LogP contribution is 2.21. The number of oxazole rings is 1. The number of halogens is 2. The average molecular weight is 331 g/mol. The van der Waals surface area contributed by atoms with Crippen molar-refractivity contribution in [2.75, 3.05) is 7.05 Å². The monoisotopic (exact) mass is 330 g/mol. The van der Waals surface area contributed by atoms with Crippen molar-refractivity contribution in [3.8, 4) is 11.5 Å². The standard InChI is InChI=1S/C18H16ClFN2O/c1-22(10-13-3-2-4-16(20)9-13)11-17-12-23-18(21-17)14-5-7-15(19)8-6-14/h2-9,12H,10-11H2,1H3. The first-order valence-electron chi connectivity index (χ1n) is 7.23. The topological polar surface area (TPSA) is 29.3 Å². The van der Waals surface area contributed by atoms with Crippen molar-refractivity contribution >= 4 is 11.6 Å². The van der Waals surface area contributed by atoms with Gasteiger partial charge in [-0.15, -0.1) is 0 Å². The second-order valence-corrected chi connectivity index (χ2v) is 5.89. The molecule has 5 heteroatoms. The van der Waals surface area contributed by atoms with Gasteiger partial charge in [0.15, 0.2) is 0 Å². The first-order valence-corrected chi connectivity index (χ1v) is 7.61. The molecule has 0 fully saturated rings. The molecule has 1 aromatic heterocycles. The molecule has 1 heterocycles. The molecule has 0 spiro atoms. The van der Waals surface area contributed by atoms with Gasteiger partial charge in [0.2, 0.25) is 5.89 Å². The van der Waals surface area contributed by atoms with Crippen LogP contribution in [0, 0.1) is 5.82 Å². The molecule has 118 valence electrons. The summed E-state index contributed by atoms with van der Waals surface area (Å²) in [6.45, 7) is 1.26. The van der Waals surface area contributed by atoms with Crippen molar-refractivity contribution in [1.29, 1.82) is 0 Å². The molecular weight excluding hydrogens is 315 g/mol. The summed E-state index contributed by atoms with van der Waals surface area (Å²) in [5.41, 5.74) is 2.64. The van der Waals surface area contributed by atoms with Gasteiger partial charge < -0.3 is 4.42 Å². The molecule has 23 heavy (non-hydrogen) atoms. The third-order valence-electron chi connectivity index (χ3n) is 3.42. The molecule has 2 aromatic carbocycles. The molecule has 0 saturated carbocycles. The Morgan fingerprint density at radius 3 is 2.65 bits per heavy atom. The van der Waals surface area contributed by atoms with Gasteiger partial charge in [0, 0.05) is 23.7 Å². The van der Waals surface area contributed by atoms with Crippen LogP contribution < -0.4 is 0 Å². The Kier molecular flexibility index (Phi) is 4.74. The van der Waals surface area contributed by atoms with Crippen LogP contribution in [0.4, 0.5) is 4.39 Å². The number of benzene rings is 2. The van der Waals surface area contributed by atoms with Crippen LogP contribution in [-0.2, 0) is 13.1 Å². The summed E-state index contributed by atoms with van der Waals surface area (Å²) in [5.74, 6) is 0.346. The van der Waals surface area contributed by atoms with Crippen LogP contribution in [0.15, 0.2) is 59.2 Å². The summed E-state index contributed by atoms with van der Waals surface area (Å²) in [7, 11) is 1.96. The van der Waals surface area contributed by atoms with Crippen molar-refractivity contribution in [2.24, 2.45) is 0 Å². The lowest BCUT2D eigenvalue weighted by Crippen LogP contribution is -2.17. The zero-order valence-electron chi connectivity index (χ0n) is 12.7. The first-order chi connectivity index (χ1) is 11.1. The number of rotatable bonds is 5. The minimum absolute atomic E-state index is 0.220. The third-order valence-corrected chi connectivity index (χ3v) is 3.67. The van der Waals surface area contributed by atoms with E-state index in [4.69, 9.17) is 16.0 Å². The highest BCUT2D eigenvalue weighted by Gasteiger charge is 2.09. The Hall–Kier alpha value is -2.17. The predicted molar refractivity (Wildman–Crippen MR) is 88.5 cm³/mol. The normalized spacial score (nSPS) is 11.1.